The van der Waals surface area contributed by atoms with E-state index < -0.39 is 45.6 Å². The minimum atomic E-state index is -1.42. The smallest absolute Gasteiger partial charge is 0.410 e. The molecule has 1 aliphatic heterocycles. The molecular formula is C22H23FN2O8. The van der Waals surface area contributed by atoms with E-state index in [0.717, 1.165) is 11.0 Å². The molecule has 1 heterocycles. The molecule has 1 aromatic rings. The van der Waals surface area contributed by atoms with E-state index in [0.29, 0.717) is 5.56 Å². The van der Waals surface area contributed by atoms with Gasteiger partial charge in [-0.1, -0.05) is 30.3 Å². The average Bonchev–Trinajstić information content (AvgIpc) is 2.76. The molecule has 0 aliphatic carbocycles. The van der Waals surface area contributed by atoms with Gasteiger partial charge in [0, 0.05) is 6.54 Å². The summed E-state index contributed by atoms with van der Waals surface area (Å²) in [5, 5.41) is 11.6. The second-order valence-corrected chi connectivity index (χ2v) is 6.44. The number of nitro groups is 1. The number of halogens is 1. The molecule has 0 amide bonds. The monoisotopic (exact) mass is 462 g/mol. The number of rotatable bonds is 9. The Labute approximate surface area is 189 Å². The van der Waals surface area contributed by atoms with Crippen LogP contribution in [0.5, 0.6) is 0 Å². The fourth-order valence-corrected chi connectivity index (χ4v) is 3.00. The van der Waals surface area contributed by atoms with E-state index in [-0.39, 0.29) is 32.1 Å². The number of hydrogen-bond acceptors (Lipinski definition) is 9. The number of nitrogens with zero attached hydrogens (tertiary/aromatic N) is 2. The lowest BCUT2D eigenvalue weighted by Gasteiger charge is -2.31. The first kappa shape index (κ1) is 25.2. The van der Waals surface area contributed by atoms with Crippen LogP contribution in [-0.4, -0.2) is 47.6 Å². The molecule has 176 valence electrons. The first-order chi connectivity index (χ1) is 15.8. The van der Waals surface area contributed by atoms with Crippen LogP contribution in [0.25, 0.3) is 0 Å². The van der Waals surface area contributed by atoms with Crippen molar-refractivity contribution in [3.8, 4) is 0 Å². The molecule has 0 radical (unpaired) electrons. The molecule has 1 aromatic carbocycles. The van der Waals surface area contributed by atoms with E-state index in [2.05, 4.69) is 4.74 Å². The molecule has 0 fully saturated rings. The van der Waals surface area contributed by atoms with Crippen molar-refractivity contribution in [1.29, 1.82) is 0 Å². The minimum Gasteiger partial charge on any atom is -0.461 e. The zero-order valence-electron chi connectivity index (χ0n) is 18.3. The van der Waals surface area contributed by atoms with E-state index in [1.807, 2.05) is 0 Å². The molecule has 0 aromatic heterocycles. The number of ether oxygens (including phenoxy) is 3. The van der Waals surface area contributed by atoms with Gasteiger partial charge < -0.3 is 19.1 Å². The highest BCUT2D eigenvalue weighted by Crippen LogP contribution is 2.35. The topological polar surface area (TPSA) is 125 Å². The molecule has 2 rings (SSSR count). The van der Waals surface area contributed by atoms with Crippen molar-refractivity contribution in [2.24, 2.45) is 0 Å². The van der Waals surface area contributed by atoms with E-state index in [4.69, 9.17) is 9.47 Å². The largest absolute Gasteiger partial charge is 0.461 e. The second-order valence-electron chi connectivity index (χ2n) is 6.44. The van der Waals surface area contributed by atoms with Crippen LogP contribution >= 0.6 is 0 Å². The number of allylic oxidation sites excluding steroid dienone is 3. The summed E-state index contributed by atoms with van der Waals surface area (Å²) in [5.74, 6) is -4.99. The predicted octanol–water partition coefficient (Wildman–Crippen LogP) is 2.79. The molecule has 0 unspecified atom stereocenters. The summed E-state index contributed by atoms with van der Waals surface area (Å²) in [6.45, 7) is 3.87. The molecule has 0 saturated heterocycles. The highest BCUT2D eigenvalue weighted by atomic mass is 19.1. The molecule has 0 bridgehead atoms. The zero-order chi connectivity index (χ0) is 24.5. The van der Waals surface area contributed by atoms with Crippen molar-refractivity contribution in [1.82, 2.24) is 4.90 Å². The van der Waals surface area contributed by atoms with Crippen molar-refractivity contribution in [2.75, 3.05) is 19.8 Å². The van der Waals surface area contributed by atoms with Gasteiger partial charge in [0.1, 0.15) is 11.3 Å². The third kappa shape index (κ3) is 5.82. The summed E-state index contributed by atoms with van der Waals surface area (Å²) in [4.78, 5) is 49.2. The average molecular weight is 462 g/mol. The highest BCUT2D eigenvalue weighted by molar-refractivity contribution is 5.98. The molecule has 0 N–H and O–H groups in total. The first-order valence-corrected chi connectivity index (χ1v) is 10.1. The Kier molecular flexibility index (Phi) is 8.84. The Balaban J connectivity index is 2.82. The molecule has 11 heteroatoms. The van der Waals surface area contributed by atoms with Crippen molar-refractivity contribution in [3.05, 3.63) is 80.6 Å². The van der Waals surface area contributed by atoms with Gasteiger partial charge in [-0.25, -0.2) is 18.8 Å². The SMILES string of the molecule is CCOC(=O)C1=C/C(=C(\C(=O)OCC)[N+](=O)[O-])C(F)=C(C(=O)OCC)N1Cc1ccccc1. The Hall–Kier alpha value is -4.02. The quantitative estimate of drug-likeness (QED) is 0.179. The molecular weight excluding hydrogens is 439 g/mol. The maximum Gasteiger partial charge on any atom is 0.410 e. The third-order valence-corrected chi connectivity index (χ3v) is 4.33. The number of carbonyl (C=O) groups is 3. The molecule has 10 nitrogen and oxygen atoms in total. The van der Waals surface area contributed by atoms with Gasteiger partial charge in [-0.05, 0) is 32.4 Å². The maximum atomic E-state index is 15.6. The minimum absolute atomic E-state index is 0.0602. The maximum absolute atomic E-state index is 15.6. The van der Waals surface area contributed by atoms with Crippen molar-refractivity contribution in [2.45, 2.75) is 27.3 Å². The van der Waals surface area contributed by atoms with Gasteiger partial charge in [0.2, 0.25) is 0 Å². The number of carbonyl (C=O) groups excluding carboxylic acids is 3. The van der Waals surface area contributed by atoms with Crippen LogP contribution in [0, 0.1) is 10.1 Å². The molecule has 0 atom stereocenters. The fraction of sp³-hybridized carbons (Fsp3) is 0.318. The van der Waals surface area contributed by atoms with Gasteiger partial charge >= 0.3 is 23.6 Å². The van der Waals surface area contributed by atoms with Crippen LogP contribution in [0.15, 0.2) is 64.9 Å². The van der Waals surface area contributed by atoms with Crippen LogP contribution in [-0.2, 0) is 35.1 Å². The van der Waals surface area contributed by atoms with Crippen molar-refractivity contribution < 1.29 is 37.9 Å². The lowest BCUT2D eigenvalue weighted by atomic mass is 10.0. The number of hydrogen-bond donors (Lipinski definition) is 0. The molecule has 1 aliphatic rings. The predicted molar refractivity (Wildman–Crippen MR) is 112 cm³/mol. The lowest BCUT2D eigenvalue weighted by molar-refractivity contribution is -0.422. The second kappa shape index (κ2) is 11.6. The van der Waals surface area contributed by atoms with Crippen LogP contribution in [0.3, 0.4) is 0 Å². The van der Waals surface area contributed by atoms with Gasteiger partial charge in [-0.15, -0.1) is 0 Å². The van der Waals surface area contributed by atoms with Crippen LogP contribution in [0.1, 0.15) is 26.3 Å². The van der Waals surface area contributed by atoms with Gasteiger partial charge in [0.05, 0.1) is 24.7 Å². The van der Waals surface area contributed by atoms with E-state index in [9.17, 15) is 24.5 Å². The van der Waals surface area contributed by atoms with Gasteiger partial charge in [-0.2, -0.15) is 0 Å². The Morgan fingerprint density at radius 3 is 2.09 bits per heavy atom. The fourth-order valence-electron chi connectivity index (χ4n) is 3.00. The Bertz CT molecular complexity index is 1030. The van der Waals surface area contributed by atoms with Crippen LogP contribution < -0.4 is 0 Å². The van der Waals surface area contributed by atoms with Crippen molar-refractivity contribution in [3.63, 3.8) is 0 Å². The third-order valence-electron chi connectivity index (χ3n) is 4.33. The lowest BCUT2D eigenvalue weighted by Crippen LogP contribution is -2.36. The standard InChI is InChI=1S/C22H23FN2O8/c1-4-31-20(26)16-12-15(18(25(29)30)21(27)32-5-2)17(23)19(22(28)33-6-3)24(16)13-14-10-8-7-9-11-14/h7-12H,4-6,13H2,1-3H3/b18-15-. The van der Waals surface area contributed by atoms with Crippen LogP contribution in [0.4, 0.5) is 4.39 Å². The van der Waals surface area contributed by atoms with Gasteiger partial charge in [0.15, 0.2) is 11.5 Å². The van der Waals surface area contributed by atoms with Crippen molar-refractivity contribution >= 4 is 17.9 Å². The number of esters is 3. The van der Waals surface area contributed by atoms with E-state index >= 15 is 4.39 Å². The van der Waals surface area contributed by atoms with Gasteiger partial charge in [0.25, 0.3) is 0 Å². The molecule has 33 heavy (non-hydrogen) atoms. The van der Waals surface area contributed by atoms with E-state index in [1.165, 1.54) is 20.8 Å². The first-order valence-electron chi connectivity index (χ1n) is 10.1. The highest BCUT2D eigenvalue weighted by Gasteiger charge is 2.41. The van der Waals surface area contributed by atoms with Gasteiger partial charge in [-0.3, -0.25) is 10.1 Å². The Morgan fingerprint density at radius 2 is 1.55 bits per heavy atom. The summed E-state index contributed by atoms with van der Waals surface area (Å²) in [6.07, 6.45) is 0.800. The summed E-state index contributed by atoms with van der Waals surface area (Å²) in [7, 11) is 0. The molecule has 0 saturated carbocycles. The summed E-state index contributed by atoms with van der Waals surface area (Å²) < 4.78 is 30.3. The summed E-state index contributed by atoms with van der Waals surface area (Å²) in [5.41, 5.74) is -2.73. The van der Waals surface area contributed by atoms with Crippen LogP contribution in [0.2, 0.25) is 0 Å². The summed E-state index contributed by atoms with van der Waals surface area (Å²) >= 11 is 0. The number of benzene rings is 1. The Morgan fingerprint density at radius 1 is 0.970 bits per heavy atom. The normalized spacial score (nSPS) is 14.9. The summed E-state index contributed by atoms with van der Waals surface area (Å²) in [6, 6.07) is 8.50. The molecule has 0 spiro atoms. The zero-order valence-corrected chi connectivity index (χ0v) is 18.3. The van der Waals surface area contributed by atoms with E-state index in [1.54, 1.807) is 30.3 Å².